The quantitative estimate of drug-likeness (QED) is 0.788. The Hall–Kier alpha value is -1.70. The summed E-state index contributed by atoms with van der Waals surface area (Å²) in [6.07, 6.45) is 2.55. The molecule has 0 spiro atoms. The molecule has 0 bridgehead atoms. The first-order valence-corrected chi connectivity index (χ1v) is 10.0. The monoisotopic (exact) mass is 359 g/mol. The lowest BCUT2D eigenvalue weighted by Crippen LogP contribution is -2.41. The van der Waals surface area contributed by atoms with E-state index in [9.17, 15) is 8.42 Å². The van der Waals surface area contributed by atoms with Gasteiger partial charge in [0.2, 0.25) is 0 Å². The van der Waals surface area contributed by atoms with Crippen molar-refractivity contribution in [2.45, 2.75) is 43.8 Å². The molecule has 1 aliphatic heterocycles. The van der Waals surface area contributed by atoms with Gasteiger partial charge in [0.15, 0.2) is 9.84 Å². The average molecular weight is 359 g/mol. The highest BCUT2D eigenvalue weighted by Crippen LogP contribution is 2.36. The molecule has 0 amide bonds. The zero-order chi connectivity index (χ0) is 18.5. The van der Waals surface area contributed by atoms with Crippen molar-refractivity contribution in [2.75, 3.05) is 6.26 Å². The Morgan fingerprint density at radius 2 is 1.48 bits per heavy atom. The molecular weight excluding hydrogens is 337 g/mol. The Labute approximate surface area is 149 Å². The zero-order valence-electron chi connectivity index (χ0n) is 15.1. The molecule has 0 radical (unpaired) electrons. The topological polar surface area (TPSA) is 65.5 Å². The van der Waals surface area contributed by atoms with E-state index in [1.54, 1.807) is 12.1 Å². The smallest absolute Gasteiger partial charge is 0.399 e. The van der Waals surface area contributed by atoms with Crippen molar-refractivity contribution < 1.29 is 17.7 Å². The van der Waals surface area contributed by atoms with E-state index in [0.29, 0.717) is 5.69 Å². The van der Waals surface area contributed by atoms with Gasteiger partial charge in [-0.25, -0.2) is 8.42 Å². The number of pyridine rings is 1. The summed E-state index contributed by atoms with van der Waals surface area (Å²) in [5.74, 6) is 0. The molecular formula is C18H22BNO4S. The number of rotatable bonds is 3. The van der Waals surface area contributed by atoms with Crippen LogP contribution in [0.3, 0.4) is 0 Å². The molecule has 0 unspecified atom stereocenters. The van der Waals surface area contributed by atoms with Crippen LogP contribution in [0.5, 0.6) is 0 Å². The van der Waals surface area contributed by atoms with Crippen LogP contribution in [0.1, 0.15) is 27.7 Å². The van der Waals surface area contributed by atoms with Crippen molar-refractivity contribution >= 4 is 22.4 Å². The van der Waals surface area contributed by atoms with Crippen LogP contribution in [0.15, 0.2) is 47.5 Å². The van der Waals surface area contributed by atoms with Gasteiger partial charge in [-0.2, -0.15) is 0 Å². The zero-order valence-corrected chi connectivity index (χ0v) is 15.9. The third kappa shape index (κ3) is 3.49. The molecule has 3 rings (SSSR count). The van der Waals surface area contributed by atoms with Gasteiger partial charge in [-0.3, -0.25) is 4.98 Å². The number of hydrogen-bond donors (Lipinski definition) is 0. The third-order valence-corrected chi connectivity index (χ3v) is 5.99. The van der Waals surface area contributed by atoms with E-state index in [2.05, 4.69) is 4.98 Å². The minimum atomic E-state index is -3.24. The summed E-state index contributed by atoms with van der Waals surface area (Å²) >= 11 is 0. The fourth-order valence-electron chi connectivity index (χ4n) is 2.56. The molecule has 1 saturated heterocycles. The van der Waals surface area contributed by atoms with Crippen molar-refractivity contribution in [3.05, 3.63) is 42.6 Å². The normalized spacial score (nSPS) is 19.2. The van der Waals surface area contributed by atoms with Gasteiger partial charge in [0, 0.05) is 18.0 Å². The SMILES string of the molecule is CC1(C)OB(c2ccc(-c3ccc(S(C)(=O)=O)cn3)cc2)OC1(C)C. The summed E-state index contributed by atoms with van der Waals surface area (Å²) < 4.78 is 35.1. The standard InChI is InChI=1S/C18H22BNO4S/c1-17(2)18(3,4)24-19(23-17)14-8-6-13(7-9-14)16-11-10-15(12-20-16)25(5,21)22/h6-12H,1-5H3. The van der Waals surface area contributed by atoms with Crippen LogP contribution in [0.2, 0.25) is 0 Å². The maximum atomic E-state index is 11.5. The summed E-state index contributed by atoms with van der Waals surface area (Å²) in [6.45, 7) is 8.09. The first kappa shape index (κ1) is 18.1. The van der Waals surface area contributed by atoms with Crippen LogP contribution in [-0.4, -0.2) is 38.0 Å². The van der Waals surface area contributed by atoms with Crippen LogP contribution in [-0.2, 0) is 19.1 Å². The molecule has 0 N–H and O–H groups in total. The number of benzene rings is 1. The van der Waals surface area contributed by atoms with Crippen molar-refractivity contribution in [1.82, 2.24) is 4.98 Å². The number of hydrogen-bond acceptors (Lipinski definition) is 5. The highest BCUT2D eigenvalue weighted by molar-refractivity contribution is 7.90. The maximum Gasteiger partial charge on any atom is 0.494 e. The fraction of sp³-hybridized carbons (Fsp3) is 0.389. The fourth-order valence-corrected chi connectivity index (χ4v) is 3.12. The Morgan fingerprint density at radius 1 is 0.920 bits per heavy atom. The number of sulfone groups is 1. The molecule has 0 saturated carbocycles. The second-order valence-electron chi connectivity index (χ2n) is 7.36. The molecule has 5 nitrogen and oxygen atoms in total. The minimum absolute atomic E-state index is 0.213. The molecule has 1 aromatic heterocycles. The van der Waals surface area contributed by atoms with Gasteiger partial charge in [-0.15, -0.1) is 0 Å². The minimum Gasteiger partial charge on any atom is -0.399 e. The summed E-state index contributed by atoms with van der Waals surface area (Å²) in [4.78, 5) is 4.46. The van der Waals surface area contributed by atoms with Crippen molar-refractivity contribution in [2.24, 2.45) is 0 Å². The van der Waals surface area contributed by atoms with E-state index >= 15 is 0 Å². The molecule has 1 fully saturated rings. The van der Waals surface area contributed by atoms with Crippen LogP contribution < -0.4 is 5.46 Å². The predicted molar refractivity (Wildman–Crippen MR) is 98.5 cm³/mol. The largest absolute Gasteiger partial charge is 0.494 e. The first-order chi connectivity index (χ1) is 11.5. The summed E-state index contributed by atoms with van der Waals surface area (Å²) in [5, 5.41) is 0. The van der Waals surface area contributed by atoms with Gasteiger partial charge in [-0.05, 0) is 45.3 Å². The molecule has 25 heavy (non-hydrogen) atoms. The molecule has 7 heteroatoms. The van der Waals surface area contributed by atoms with Crippen LogP contribution in [0.25, 0.3) is 11.3 Å². The van der Waals surface area contributed by atoms with Gasteiger partial charge in [-0.1, -0.05) is 24.3 Å². The van der Waals surface area contributed by atoms with Gasteiger partial charge < -0.3 is 9.31 Å². The Kier molecular flexibility index (Phi) is 4.30. The molecule has 2 heterocycles. The molecule has 1 aromatic carbocycles. The average Bonchev–Trinajstić information content (AvgIpc) is 2.75. The van der Waals surface area contributed by atoms with Crippen molar-refractivity contribution in [3.8, 4) is 11.3 Å². The highest BCUT2D eigenvalue weighted by atomic mass is 32.2. The summed E-state index contributed by atoms with van der Waals surface area (Å²) in [7, 11) is -3.64. The van der Waals surface area contributed by atoms with E-state index in [4.69, 9.17) is 9.31 Å². The van der Waals surface area contributed by atoms with Gasteiger partial charge in [0.1, 0.15) is 0 Å². The van der Waals surface area contributed by atoms with E-state index in [1.165, 1.54) is 12.5 Å². The second kappa shape index (κ2) is 5.93. The van der Waals surface area contributed by atoms with Crippen molar-refractivity contribution in [1.29, 1.82) is 0 Å². The van der Waals surface area contributed by atoms with E-state index < -0.39 is 17.0 Å². The van der Waals surface area contributed by atoms with Gasteiger partial charge >= 0.3 is 7.12 Å². The number of nitrogens with zero attached hydrogens (tertiary/aromatic N) is 1. The lowest BCUT2D eigenvalue weighted by Gasteiger charge is -2.32. The van der Waals surface area contributed by atoms with E-state index in [-0.39, 0.29) is 16.1 Å². The Morgan fingerprint density at radius 3 is 1.92 bits per heavy atom. The molecule has 2 aromatic rings. The second-order valence-corrected chi connectivity index (χ2v) is 9.38. The lowest BCUT2D eigenvalue weighted by atomic mass is 9.79. The van der Waals surface area contributed by atoms with E-state index in [1.807, 2.05) is 52.0 Å². The van der Waals surface area contributed by atoms with Gasteiger partial charge in [0.25, 0.3) is 0 Å². The lowest BCUT2D eigenvalue weighted by molar-refractivity contribution is 0.00578. The van der Waals surface area contributed by atoms with Crippen LogP contribution >= 0.6 is 0 Å². The maximum absolute atomic E-state index is 11.5. The van der Waals surface area contributed by atoms with Crippen LogP contribution in [0, 0.1) is 0 Å². The third-order valence-electron chi connectivity index (χ3n) is 4.90. The highest BCUT2D eigenvalue weighted by Gasteiger charge is 2.51. The predicted octanol–water partition coefficient (Wildman–Crippen LogP) is 2.45. The molecule has 1 aliphatic rings. The number of aromatic nitrogens is 1. The van der Waals surface area contributed by atoms with E-state index in [0.717, 1.165) is 11.0 Å². The molecule has 0 atom stereocenters. The Bertz CT molecular complexity index is 858. The van der Waals surface area contributed by atoms with Crippen molar-refractivity contribution in [3.63, 3.8) is 0 Å². The van der Waals surface area contributed by atoms with Gasteiger partial charge in [0.05, 0.1) is 21.8 Å². The van der Waals surface area contributed by atoms with Crippen LogP contribution in [0.4, 0.5) is 0 Å². The Balaban J connectivity index is 1.82. The molecule has 0 aliphatic carbocycles. The summed E-state index contributed by atoms with van der Waals surface area (Å²) in [5.41, 5.74) is 1.81. The summed E-state index contributed by atoms with van der Waals surface area (Å²) in [6, 6.07) is 11.0. The molecule has 132 valence electrons. The first-order valence-electron chi connectivity index (χ1n) is 8.12.